The van der Waals surface area contributed by atoms with Gasteiger partial charge in [-0.3, -0.25) is 14.9 Å². The summed E-state index contributed by atoms with van der Waals surface area (Å²) in [5.41, 5.74) is 3.54. The average Bonchev–Trinajstić information content (AvgIpc) is 3.19. The fourth-order valence-electron chi connectivity index (χ4n) is 3.35. The molecule has 0 atom stereocenters. The zero-order valence-electron chi connectivity index (χ0n) is 15.7. The highest BCUT2D eigenvalue weighted by molar-refractivity contribution is 7.99. The van der Waals surface area contributed by atoms with Gasteiger partial charge in [-0.25, -0.2) is 0 Å². The van der Waals surface area contributed by atoms with Crippen molar-refractivity contribution in [2.75, 3.05) is 17.2 Å². The zero-order chi connectivity index (χ0) is 20.4. The molecule has 4 rings (SSSR count). The zero-order valence-corrected chi connectivity index (χ0v) is 16.5. The second kappa shape index (κ2) is 8.00. The number of hydrogen-bond donors (Lipinski definition) is 0. The number of rotatable bonds is 5. The summed E-state index contributed by atoms with van der Waals surface area (Å²) >= 11 is 1.27. The van der Waals surface area contributed by atoms with E-state index in [1.165, 1.54) is 17.8 Å². The highest BCUT2D eigenvalue weighted by Gasteiger charge is 2.25. The number of non-ortho nitro benzene ring substituents is 1. The van der Waals surface area contributed by atoms with Crippen molar-refractivity contribution >= 4 is 29.0 Å². The molecule has 29 heavy (non-hydrogen) atoms. The van der Waals surface area contributed by atoms with E-state index in [4.69, 9.17) is 0 Å². The Balaban J connectivity index is 1.50. The number of carbonyl (C=O) groups is 1. The van der Waals surface area contributed by atoms with Gasteiger partial charge in [0.15, 0.2) is 0 Å². The second-order valence-electron chi connectivity index (χ2n) is 6.72. The lowest BCUT2D eigenvalue weighted by atomic mass is 10.0. The molecule has 0 aliphatic carbocycles. The van der Waals surface area contributed by atoms with E-state index in [0.29, 0.717) is 11.7 Å². The first-order valence-electron chi connectivity index (χ1n) is 9.09. The van der Waals surface area contributed by atoms with E-state index >= 15 is 0 Å². The predicted octanol–water partition coefficient (Wildman–Crippen LogP) is 2.95. The molecule has 2 aromatic carbocycles. The molecule has 0 fully saturated rings. The molecule has 1 aromatic heterocycles. The van der Waals surface area contributed by atoms with Crippen molar-refractivity contribution in [2.24, 2.45) is 0 Å². The number of fused-ring (bicyclic) bond motifs is 1. The number of nitro groups is 1. The third-order valence-corrected chi connectivity index (χ3v) is 5.61. The van der Waals surface area contributed by atoms with Crippen LogP contribution in [0.5, 0.6) is 0 Å². The maximum atomic E-state index is 12.9. The van der Waals surface area contributed by atoms with Crippen LogP contribution < -0.4 is 4.90 Å². The summed E-state index contributed by atoms with van der Waals surface area (Å²) in [5.74, 6) is 0.0893. The van der Waals surface area contributed by atoms with Crippen LogP contribution in [0.4, 0.5) is 11.4 Å². The van der Waals surface area contributed by atoms with Gasteiger partial charge in [0.05, 0.1) is 16.4 Å². The van der Waals surface area contributed by atoms with Crippen LogP contribution in [-0.4, -0.2) is 43.3 Å². The molecule has 1 aliphatic heterocycles. The first kappa shape index (κ1) is 19.1. The van der Waals surface area contributed by atoms with E-state index in [1.807, 2.05) is 31.2 Å². The highest BCUT2D eigenvalue weighted by Crippen LogP contribution is 2.31. The van der Waals surface area contributed by atoms with Crippen LogP contribution in [0.1, 0.15) is 17.5 Å². The summed E-state index contributed by atoms with van der Waals surface area (Å²) in [6, 6.07) is 12.4. The van der Waals surface area contributed by atoms with E-state index < -0.39 is 4.92 Å². The minimum atomic E-state index is -0.415. The quantitative estimate of drug-likeness (QED) is 0.361. The fraction of sp³-hybridized carbons (Fsp3) is 0.263. The highest BCUT2D eigenvalue weighted by atomic mass is 32.2. The van der Waals surface area contributed by atoms with Crippen LogP contribution in [0.2, 0.25) is 0 Å². The molecule has 2 heterocycles. The van der Waals surface area contributed by atoms with E-state index in [2.05, 4.69) is 15.5 Å². The van der Waals surface area contributed by atoms with Crippen LogP contribution in [0.15, 0.2) is 47.6 Å². The summed E-state index contributed by atoms with van der Waals surface area (Å²) in [5, 5.41) is 23.3. The number of tetrazole rings is 1. The number of thioether (sulfide) groups is 1. The van der Waals surface area contributed by atoms with Gasteiger partial charge in [-0.15, -0.1) is 5.10 Å². The topological polar surface area (TPSA) is 107 Å². The van der Waals surface area contributed by atoms with Crippen LogP contribution in [0.3, 0.4) is 0 Å². The Labute approximate surface area is 170 Å². The number of aryl methyl sites for hydroxylation is 2. The minimum Gasteiger partial charge on any atom is -0.311 e. The van der Waals surface area contributed by atoms with E-state index in [9.17, 15) is 14.9 Å². The first-order valence-corrected chi connectivity index (χ1v) is 10.1. The predicted molar refractivity (Wildman–Crippen MR) is 108 cm³/mol. The van der Waals surface area contributed by atoms with Gasteiger partial charge in [-0.05, 0) is 59.5 Å². The van der Waals surface area contributed by atoms with Gasteiger partial charge < -0.3 is 4.90 Å². The maximum Gasteiger partial charge on any atom is 0.269 e. The van der Waals surface area contributed by atoms with Gasteiger partial charge in [0.1, 0.15) is 0 Å². The van der Waals surface area contributed by atoms with Crippen molar-refractivity contribution in [3.63, 3.8) is 0 Å². The molecular formula is C19H18N6O3S. The number of nitro benzene ring substituents is 1. The Kier molecular flexibility index (Phi) is 5.26. The number of hydrogen-bond acceptors (Lipinski definition) is 7. The minimum absolute atomic E-state index is 0.0461. The van der Waals surface area contributed by atoms with Crippen LogP contribution in [-0.2, 0) is 11.2 Å². The summed E-state index contributed by atoms with van der Waals surface area (Å²) < 4.78 is 1.61. The molecule has 1 amide bonds. The van der Waals surface area contributed by atoms with Gasteiger partial charge in [-0.2, -0.15) is 4.68 Å². The molecule has 148 valence electrons. The van der Waals surface area contributed by atoms with E-state index in [1.54, 1.807) is 21.7 Å². The Hall–Kier alpha value is -3.27. The summed E-state index contributed by atoms with van der Waals surface area (Å²) in [4.78, 5) is 25.2. The molecule has 9 nitrogen and oxygen atoms in total. The lowest BCUT2D eigenvalue weighted by molar-refractivity contribution is -0.384. The fourth-order valence-corrected chi connectivity index (χ4v) is 4.12. The largest absolute Gasteiger partial charge is 0.311 e. The molecule has 0 saturated carbocycles. The lowest BCUT2D eigenvalue weighted by Gasteiger charge is -2.29. The molecule has 0 N–H and O–H groups in total. The Morgan fingerprint density at radius 1 is 1.28 bits per heavy atom. The number of benzene rings is 2. The monoisotopic (exact) mass is 410 g/mol. The van der Waals surface area contributed by atoms with Crippen molar-refractivity contribution < 1.29 is 9.72 Å². The van der Waals surface area contributed by atoms with Gasteiger partial charge in [-0.1, -0.05) is 23.9 Å². The molecular weight excluding hydrogens is 392 g/mol. The molecule has 0 unspecified atom stereocenters. The normalized spacial score (nSPS) is 13.2. The van der Waals surface area contributed by atoms with Gasteiger partial charge in [0.25, 0.3) is 5.69 Å². The molecule has 0 spiro atoms. The summed E-state index contributed by atoms with van der Waals surface area (Å²) in [6.45, 7) is 2.58. The third kappa shape index (κ3) is 3.97. The number of amides is 1. The van der Waals surface area contributed by atoms with Crippen LogP contribution >= 0.6 is 11.8 Å². The molecule has 3 aromatic rings. The van der Waals surface area contributed by atoms with E-state index in [0.717, 1.165) is 35.3 Å². The Morgan fingerprint density at radius 3 is 2.93 bits per heavy atom. The first-order chi connectivity index (χ1) is 14.0. The lowest BCUT2D eigenvalue weighted by Crippen LogP contribution is -2.36. The van der Waals surface area contributed by atoms with Crippen molar-refractivity contribution in [3.05, 3.63) is 63.7 Å². The number of nitrogens with zero attached hydrogens (tertiary/aromatic N) is 6. The number of aromatic nitrogens is 4. The van der Waals surface area contributed by atoms with Crippen molar-refractivity contribution in [1.29, 1.82) is 0 Å². The number of carbonyl (C=O) groups excluding carboxylic acids is 1. The molecule has 0 bridgehead atoms. The van der Waals surface area contributed by atoms with Gasteiger partial charge >= 0.3 is 0 Å². The van der Waals surface area contributed by atoms with Crippen molar-refractivity contribution in [3.8, 4) is 5.69 Å². The molecule has 10 heteroatoms. The average molecular weight is 410 g/mol. The van der Waals surface area contributed by atoms with Crippen molar-refractivity contribution in [2.45, 2.75) is 24.9 Å². The number of anilines is 1. The molecule has 1 aliphatic rings. The Morgan fingerprint density at radius 2 is 2.14 bits per heavy atom. The smallest absolute Gasteiger partial charge is 0.269 e. The Bertz CT molecular complexity index is 1080. The van der Waals surface area contributed by atoms with Gasteiger partial charge in [0, 0.05) is 24.4 Å². The SMILES string of the molecule is Cc1cccc(-n2nnnc2SCC(=O)N2CCCc3cc([N+](=O)[O-])ccc32)c1. The summed E-state index contributed by atoms with van der Waals surface area (Å²) in [6.07, 6.45) is 1.49. The van der Waals surface area contributed by atoms with Gasteiger partial charge in [0.2, 0.25) is 11.1 Å². The van der Waals surface area contributed by atoms with Crippen LogP contribution in [0, 0.1) is 17.0 Å². The second-order valence-corrected chi connectivity index (χ2v) is 7.66. The standard InChI is InChI=1S/C19H18N6O3S/c1-13-4-2-6-15(10-13)24-19(20-21-22-24)29-12-18(26)23-9-3-5-14-11-16(25(27)28)7-8-17(14)23/h2,4,6-8,10-11H,3,5,9,12H2,1H3. The third-order valence-electron chi connectivity index (χ3n) is 4.71. The van der Waals surface area contributed by atoms with Crippen LogP contribution in [0.25, 0.3) is 5.69 Å². The molecule has 0 saturated heterocycles. The molecule has 0 radical (unpaired) electrons. The van der Waals surface area contributed by atoms with E-state index in [-0.39, 0.29) is 17.3 Å². The van der Waals surface area contributed by atoms with Crippen molar-refractivity contribution in [1.82, 2.24) is 20.2 Å². The summed E-state index contributed by atoms with van der Waals surface area (Å²) in [7, 11) is 0. The maximum absolute atomic E-state index is 12.9.